The van der Waals surface area contributed by atoms with Gasteiger partial charge in [-0.1, -0.05) is 30.7 Å². The molecule has 1 heterocycles. The number of pyridine rings is 1. The highest BCUT2D eigenvalue weighted by molar-refractivity contribution is 6.30. The topological polar surface area (TPSA) is 69.0 Å². The standard InChI is InChI=1S/C18H19ClN4O/c1-3-23(13(2)15-6-4-14(10-20)5-7-15)12-18(24)22-17-9-8-16(19)11-21-17/h4-9,11,13H,3,12H2,1-2H3,(H,21,22,24)/t13-/m1/s1. The molecule has 1 amide bonds. The number of nitrogens with zero attached hydrogens (tertiary/aromatic N) is 3. The average Bonchev–Trinajstić information content (AvgIpc) is 2.61. The molecule has 0 aliphatic heterocycles. The zero-order valence-electron chi connectivity index (χ0n) is 13.7. The van der Waals surface area contributed by atoms with Crippen molar-refractivity contribution in [3.63, 3.8) is 0 Å². The summed E-state index contributed by atoms with van der Waals surface area (Å²) in [4.78, 5) is 18.3. The number of aromatic nitrogens is 1. The monoisotopic (exact) mass is 342 g/mol. The highest BCUT2D eigenvalue weighted by Crippen LogP contribution is 2.20. The Hall–Kier alpha value is -2.42. The predicted octanol–water partition coefficient (Wildman–Crippen LogP) is 3.63. The lowest BCUT2D eigenvalue weighted by Crippen LogP contribution is -2.35. The fourth-order valence-corrected chi connectivity index (χ4v) is 2.50. The molecule has 0 spiro atoms. The summed E-state index contributed by atoms with van der Waals surface area (Å²) in [6.45, 7) is 5.03. The van der Waals surface area contributed by atoms with E-state index in [1.165, 1.54) is 6.20 Å². The van der Waals surface area contributed by atoms with Gasteiger partial charge >= 0.3 is 0 Å². The zero-order chi connectivity index (χ0) is 17.5. The lowest BCUT2D eigenvalue weighted by molar-refractivity contribution is -0.117. The van der Waals surface area contributed by atoms with E-state index < -0.39 is 0 Å². The van der Waals surface area contributed by atoms with Crippen molar-refractivity contribution in [1.29, 1.82) is 5.26 Å². The van der Waals surface area contributed by atoms with Gasteiger partial charge in [0.25, 0.3) is 0 Å². The highest BCUT2D eigenvalue weighted by atomic mass is 35.5. The van der Waals surface area contributed by atoms with Crippen molar-refractivity contribution in [2.75, 3.05) is 18.4 Å². The van der Waals surface area contributed by atoms with Gasteiger partial charge in [-0.25, -0.2) is 4.98 Å². The first-order valence-electron chi connectivity index (χ1n) is 7.69. The van der Waals surface area contributed by atoms with Crippen LogP contribution in [0.15, 0.2) is 42.6 Å². The number of benzene rings is 1. The highest BCUT2D eigenvalue weighted by Gasteiger charge is 2.17. The summed E-state index contributed by atoms with van der Waals surface area (Å²) >= 11 is 5.78. The summed E-state index contributed by atoms with van der Waals surface area (Å²) in [5, 5.41) is 12.2. The van der Waals surface area contributed by atoms with Gasteiger partial charge in [-0.3, -0.25) is 9.69 Å². The summed E-state index contributed by atoms with van der Waals surface area (Å²) in [5.41, 5.74) is 1.69. The minimum atomic E-state index is -0.132. The number of hydrogen-bond acceptors (Lipinski definition) is 4. The maximum atomic E-state index is 12.2. The second kappa shape index (κ2) is 8.44. The van der Waals surface area contributed by atoms with Gasteiger partial charge < -0.3 is 5.32 Å². The molecule has 1 atom stereocenters. The summed E-state index contributed by atoms with van der Waals surface area (Å²) in [6.07, 6.45) is 1.49. The fraction of sp³-hybridized carbons (Fsp3) is 0.278. The first kappa shape index (κ1) is 17.9. The van der Waals surface area contributed by atoms with E-state index in [2.05, 4.69) is 16.4 Å². The molecule has 6 heteroatoms. The number of anilines is 1. The number of nitriles is 1. The van der Waals surface area contributed by atoms with Crippen molar-refractivity contribution in [1.82, 2.24) is 9.88 Å². The quantitative estimate of drug-likeness (QED) is 0.870. The van der Waals surface area contributed by atoms with Crippen LogP contribution in [0.3, 0.4) is 0 Å². The SMILES string of the molecule is CCN(CC(=O)Nc1ccc(Cl)cn1)[C@H](C)c1ccc(C#N)cc1. The van der Waals surface area contributed by atoms with E-state index in [1.54, 1.807) is 24.3 Å². The van der Waals surface area contributed by atoms with E-state index in [0.29, 0.717) is 16.4 Å². The van der Waals surface area contributed by atoms with Crippen molar-refractivity contribution >= 4 is 23.3 Å². The number of likely N-dealkylation sites (N-methyl/N-ethyl adjacent to an activating group) is 1. The molecule has 0 fully saturated rings. The molecule has 1 aromatic heterocycles. The van der Waals surface area contributed by atoms with Gasteiger partial charge in [0.15, 0.2) is 0 Å². The van der Waals surface area contributed by atoms with Crippen molar-refractivity contribution in [2.45, 2.75) is 19.9 Å². The molecule has 24 heavy (non-hydrogen) atoms. The molecule has 5 nitrogen and oxygen atoms in total. The molecule has 0 aliphatic rings. The van der Waals surface area contributed by atoms with Gasteiger partial charge in [0.2, 0.25) is 5.91 Å². The van der Waals surface area contributed by atoms with Crippen LogP contribution < -0.4 is 5.32 Å². The maximum Gasteiger partial charge on any atom is 0.239 e. The lowest BCUT2D eigenvalue weighted by Gasteiger charge is -2.27. The number of amides is 1. The summed E-state index contributed by atoms with van der Waals surface area (Å²) in [7, 11) is 0. The van der Waals surface area contributed by atoms with Crippen LogP contribution in [0.4, 0.5) is 5.82 Å². The third-order valence-corrected chi connectivity index (χ3v) is 4.04. The largest absolute Gasteiger partial charge is 0.310 e. The Morgan fingerprint density at radius 3 is 2.58 bits per heavy atom. The van der Waals surface area contributed by atoms with Crippen LogP contribution in [0.2, 0.25) is 5.02 Å². The van der Waals surface area contributed by atoms with Crippen molar-refractivity contribution in [2.24, 2.45) is 0 Å². The normalized spacial score (nSPS) is 11.8. The van der Waals surface area contributed by atoms with Gasteiger partial charge in [-0.15, -0.1) is 0 Å². The lowest BCUT2D eigenvalue weighted by atomic mass is 10.1. The molecule has 124 valence electrons. The molecule has 2 rings (SSSR count). The number of nitrogens with one attached hydrogen (secondary N) is 1. The second-order valence-corrected chi connectivity index (χ2v) is 5.82. The average molecular weight is 343 g/mol. The molecule has 1 aromatic carbocycles. The van der Waals surface area contributed by atoms with Crippen molar-refractivity contribution in [3.8, 4) is 6.07 Å². The molecule has 0 saturated carbocycles. The van der Waals surface area contributed by atoms with Gasteiger partial charge in [0.05, 0.1) is 23.2 Å². The Kier molecular flexibility index (Phi) is 6.30. The van der Waals surface area contributed by atoms with Crippen LogP contribution in [0, 0.1) is 11.3 Å². The first-order valence-corrected chi connectivity index (χ1v) is 8.06. The molecular weight excluding hydrogens is 324 g/mol. The van der Waals surface area contributed by atoms with Crippen LogP contribution in [0.25, 0.3) is 0 Å². The third kappa shape index (κ3) is 4.79. The smallest absolute Gasteiger partial charge is 0.239 e. The molecule has 0 saturated heterocycles. The third-order valence-electron chi connectivity index (χ3n) is 3.82. The number of hydrogen-bond donors (Lipinski definition) is 1. The van der Waals surface area contributed by atoms with E-state index in [0.717, 1.165) is 12.1 Å². The van der Waals surface area contributed by atoms with Crippen LogP contribution >= 0.6 is 11.6 Å². The van der Waals surface area contributed by atoms with Crippen molar-refractivity contribution < 1.29 is 4.79 Å². The summed E-state index contributed by atoms with van der Waals surface area (Å²) in [6, 6.07) is 12.9. The van der Waals surface area contributed by atoms with Crippen LogP contribution in [-0.4, -0.2) is 28.9 Å². The summed E-state index contributed by atoms with van der Waals surface area (Å²) < 4.78 is 0. The molecule has 0 aliphatic carbocycles. The number of carbonyl (C=O) groups excluding carboxylic acids is 1. The summed E-state index contributed by atoms with van der Waals surface area (Å²) in [5.74, 6) is 0.346. The zero-order valence-corrected chi connectivity index (χ0v) is 14.4. The predicted molar refractivity (Wildman–Crippen MR) is 94.7 cm³/mol. The number of carbonyl (C=O) groups is 1. The molecule has 1 N–H and O–H groups in total. The molecule has 2 aromatic rings. The Bertz CT molecular complexity index is 722. The molecule has 0 radical (unpaired) electrons. The second-order valence-electron chi connectivity index (χ2n) is 5.38. The Morgan fingerprint density at radius 1 is 1.33 bits per heavy atom. The van der Waals surface area contributed by atoms with Crippen LogP contribution in [-0.2, 0) is 4.79 Å². The fourth-order valence-electron chi connectivity index (χ4n) is 2.39. The van der Waals surface area contributed by atoms with E-state index in [1.807, 2.05) is 30.9 Å². The van der Waals surface area contributed by atoms with E-state index >= 15 is 0 Å². The minimum absolute atomic E-state index is 0.0617. The van der Waals surface area contributed by atoms with Crippen molar-refractivity contribution in [3.05, 3.63) is 58.7 Å². The van der Waals surface area contributed by atoms with Gasteiger partial charge in [0, 0.05) is 12.2 Å². The van der Waals surface area contributed by atoms with Gasteiger partial charge in [-0.2, -0.15) is 5.26 Å². The maximum absolute atomic E-state index is 12.2. The first-order chi connectivity index (χ1) is 11.5. The number of halogens is 1. The van der Waals surface area contributed by atoms with E-state index in [9.17, 15) is 4.79 Å². The Labute approximate surface area is 146 Å². The number of rotatable bonds is 6. The van der Waals surface area contributed by atoms with Crippen LogP contribution in [0.5, 0.6) is 0 Å². The molecule has 0 bridgehead atoms. The van der Waals surface area contributed by atoms with Crippen LogP contribution in [0.1, 0.15) is 31.0 Å². The van der Waals surface area contributed by atoms with Gasteiger partial charge in [0.1, 0.15) is 5.82 Å². The minimum Gasteiger partial charge on any atom is -0.310 e. The van der Waals surface area contributed by atoms with E-state index in [4.69, 9.17) is 16.9 Å². The van der Waals surface area contributed by atoms with Gasteiger partial charge in [-0.05, 0) is 43.3 Å². The van der Waals surface area contributed by atoms with E-state index in [-0.39, 0.29) is 18.5 Å². The molecular formula is C18H19ClN4O. The molecule has 0 unspecified atom stereocenters. The Morgan fingerprint density at radius 2 is 2.04 bits per heavy atom. The Balaban J connectivity index is 2.00.